The molecule has 2 aromatic carbocycles. The minimum atomic E-state index is 0. The molecule has 0 spiro atoms. The molecule has 2 rings (SSSR count). The van der Waals surface area contributed by atoms with Gasteiger partial charge >= 0.3 is 19.5 Å². The number of hydrogen-bond donors (Lipinski definition) is 0. The molecule has 0 N–H and O–H groups in total. The maximum Gasteiger partial charge on any atom is 2.00 e. The molecule has 0 radical (unpaired) electrons. The standard InChI is InChI=1S/C5H4Br.C5H5.Ru/c6-5-3-1-2-4-5;1-2-4-5-3-1;/h1-4H;1-5H;/q2*-1;+2. The van der Waals surface area contributed by atoms with Gasteiger partial charge in [-0.25, -0.2) is 18.2 Å². The van der Waals surface area contributed by atoms with Crippen LogP contribution in [0.4, 0.5) is 0 Å². The molecule has 0 aliphatic carbocycles. The summed E-state index contributed by atoms with van der Waals surface area (Å²) in [6.07, 6.45) is 0. The van der Waals surface area contributed by atoms with E-state index in [9.17, 15) is 0 Å². The molecule has 2 heteroatoms. The first-order chi connectivity index (χ1) is 5.39. The van der Waals surface area contributed by atoms with Crippen LogP contribution in [0.2, 0.25) is 0 Å². The maximum absolute atomic E-state index is 3.28. The molecule has 0 heterocycles. The molecule has 0 nitrogen and oxygen atoms in total. The SMILES string of the molecule is Brc1ccc[cH-]1.[Ru+2].c1cc[cH-]c1. The van der Waals surface area contributed by atoms with Crippen molar-refractivity contribution in [2.45, 2.75) is 0 Å². The first kappa shape index (κ1) is 11.8. The van der Waals surface area contributed by atoms with Crippen LogP contribution in [0, 0.1) is 0 Å². The molecule has 0 saturated heterocycles. The van der Waals surface area contributed by atoms with Crippen molar-refractivity contribution in [2.24, 2.45) is 0 Å². The molecule has 0 aliphatic heterocycles. The summed E-state index contributed by atoms with van der Waals surface area (Å²) in [7, 11) is 0. The zero-order chi connectivity index (χ0) is 7.94. The number of hydrogen-bond acceptors (Lipinski definition) is 0. The van der Waals surface area contributed by atoms with Crippen molar-refractivity contribution in [3.63, 3.8) is 0 Å². The van der Waals surface area contributed by atoms with Gasteiger partial charge < -0.3 is 0 Å². The van der Waals surface area contributed by atoms with E-state index in [0.29, 0.717) is 0 Å². The van der Waals surface area contributed by atoms with Crippen LogP contribution in [0.1, 0.15) is 0 Å². The molecular formula is C10H9BrRu. The number of halogens is 1. The Morgan fingerprint density at radius 1 is 1.00 bits per heavy atom. The third-order valence-corrected chi connectivity index (χ3v) is 1.71. The summed E-state index contributed by atoms with van der Waals surface area (Å²) in [4.78, 5) is 0. The van der Waals surface area contributed by atoms with E-state index in [4.69, 9.17) is 0 Å². The summed E-state index contributed by atoms with van der Waals surface area (Å²) >= 11 is 3.28. The summed E-state index contributed by atoms with van der Waals surface area (Å²) < 4.78 is 1.16. The molecular weight excluding hydrogens is 301 g/mol. The van der Waals surface area contributed by atoms with Crippen LogP contribution in [0.3, 0.4) is 0 Å². The van der Waals surface area contributed by atoms with Crippen molar-refractivity contribution >= 4 is 15.9 Å². The fraction of sp³-hybridized carbons (Fsp3) is 0. The van der Waals surface area contributed by atoms with Gasteiger partial charge in [0.25, 0.3) is 0 Å². The first-order valence-electron chi connectivity index (χ1n) is 3.43. The summed E-state index contributed by atoms with van der Waals surface area (Å²) in [6.45, 7) is 0. The van der Waals surface area contributed by atoms with Crippen LogP contribution in [0.25, 0.3) is 0 Å². The van der Waals surface area contributed by atoms with Gasteiger partial charge in [0, 0.05) is 0 Å². The molecule has 0 amide bonds. The van der Waals surface area contributed by atoms with Gasteiger partial charge in [-0.1, -0.05) is 15.9 Å². The van der Waals surface area contributed by atoms with E-state index >= 15 is 0 Å². The third-order valence-electron chi connectivity index (χ3n) is 1.18. The van der Waals surface area contributed by atoms with Crippen LogP contribution < -0.4 is 0 Å². The van der Waals surface area contributed by atoms with Gasteiger partial charge in [0.15, 0.2) is 0 Å². The average Bonchev–Trinajstić information content (AvgIpc) is 2.57. The smallest absolute Gasteiger partial charge is 0.214 e. The van der Waals surface area contributed by atoms with Crippen molar-refractivity contribution in [1.29, 1.82) is 0 Å². The van der Waals surface area contributed by atoms with Crippen molar-refractivity contribution < 1.29 is 19.5 Å². The van der Waals surface area contributed by atoms with Gasteiger partial charge in [-0.3, -0.25) is 0 Å². The monoisotopic (exact) mass is 310 g/mol. The Kier molecular flexibility index (Phi) is 7.33. The molecule has 64 valence electrons. The maximum atomic E-state index is 3.28. The first-order valence-corrected chi connectivity index (χ1v) is 4.23. The van der Waals surface area contributed by atoms with Crippen LogP contribution in [-0.2, 0) is 19.5 Å². The second kappa shape index (κ2) is 7.45. The molecule has 0 aromatic heterocycles. The summed E-state index contributed by atoms with van der Waals surface area (Å²) in [5.41, 5.74) is 0. The van der Waals surface area contributed by atoms with E-state index in [1.165, 1.54) is 0 Å². The molecule has 0 bridgehead atoms. The molecule has 0 fully saturated rings. The fourth-order valence-corrected chi connectivity index (χ4v) is 0.976. The van der Waals surface area contributed by atoms with Crippen molar-refractivity contribution in [3.8, 4) is 0 Å². The van der Waals surface area contributed by atoms with E-state index in [2.05, 4.69) is 15.9 Å². The van der Waals surface area contributed by atoms with Crippen LogP contribution >= 0.6 is 15.9 Å². The van der Waals surface area contributed by atoms with E-state index in [1.54, 1.807) is 0 Å². The zero-order valence-electron chi connectivity index (χ0n) is 6.43. The van der Waals surface area contributed by atoms with Crippen LogP contribution in [-0.4, -0.2) is 0 Å². The molecule has 0 aliphatic rings. The van der Waals surface area contributed by atoms with Crippen molar-refractivity contribution in [2.75, 3.05) is 0 Å². The Labute approximate surface area is 94.2 Å². The normalized spacial score (nSPS) is 7.75. The molecule has 0 saturated carbocycles. The zero-order valence-corrected chi connectivity index (χ0v) is 9.75. The van der Waals surface area contributed by atoms with Gasteiger partial charge in [-0.15, -0.1) is 4.47 Å². The van der Waals surface area contributed by atoms with Crippen molar-refractivity contribution in [3.05, 3.63) is 59.1 Å². The van der Waals surface area contributed by atoms with Gasteiger partial charge in [0.1, 0.15) is 0 Å². The van der Waals surface area contributed by atoms with Gasteiger partial charge in [0.05, 0.1) is 0 Å². The molecule has 2 aromatic rings. The summed E-state index contributed by atoms with van der Waals surface area (Å²) in [5, 5.41) is 0. The predicted molar refractivity (Wildman–Crippen MR) is 51.8 cm³/mol. The molecule has 12 heavy (non-hydrogen) atoms. The van der Waals surface area contributed by atoms with Crippen LogP contribution in [0.5, 0.6) is 0 Å². The van der Waals surface area contributed by atoms with E-state index in [1.807, 2.05) is 54.6 Å². The quantitative estimate of drug-likeness (QED) is 0.515. The van der Waals surface area contributed by atoms with Gasteiger partial charge in [0.2, 0.25) is 0 Å². The Bertz CT molecular complexity index is 228. The predicted octanol–water partition coefficient (Wildman–Crippen LogP) is 3.57. The van der Waals surface area contributed by atoms with Gasteiger partial charge in [-0.05, 0) is 0 Å². The molecule has 0 unspecified atom stereocenters. The fourth-order valence-electron chi connectivity index (χ4n) is 0.671. The third kappa shape index (κ3) is 5.45. The second-order valence-electron chi connectivity index (χ2n) is 2.07. The van der Waals surface area contributed by atoms with Gasteiger partial charge in [-0.2, -0.15) is 36.4 Å². The van der Waals surface area contributed by atoms with Crippen LogP contribution in [0.15, 0.2) is 59.1 Å². The van der Waals surface area contributed by atoms with Crippen molar-refractivity contribution in [1.82, 2.24) is 0 Å². The summed E-state index contributed by atoms with van der Waals surface area (Å²) in [6, 6.07) is 18.0. The van der Waals surface area contributed by atoms with E-state index < -0.39 is 0 Å². The van der Waals surface area contributed by atoms with E-state index in [-0.39, 0.29) is 19.5 Å². The largest absolute Gasteiger partial charge is 2.00 e. The Hall–Kier alpha value is -0.197. The molecule has 0 atom stereocenters. The average molecular weight is 310 g/mol. The summed E-state index contributed by atoms with van der Waals surface area (Å²) in [5.74, 6) is 0. The minimum absolute atomic E-state index is 0. The second-order valence-corrected chi connectivity index (χ2v) is 2.98. The Balaban J connectivity index is 0.000000189. The Morgan fingerprint density at radius 3 is 1.83 bits per heavy atom. The topological polar surface area (TPSA) is 0 Å². The van der Waals surface area contributed by atoms with E-state index in [0.717, 1.165) is 4.47 Å². The Morgan fingerprint density at radius 2 is 1.67 bits per heavy atom. The minimum Gasteiger partial charge on any atom is -0.214 e. The number of rotatable bonds is 0.